The average molecular weight is 339 g/mol. The monoisotopic (exact) mass is 339 g/mol. The highest BCUT2D eigenvalue weighted by atomic mass is 15.1. The summed E-state index contributed by atoms with van der Waals surface area (Å²) < 4.78 is 0. The van der Waals surface area contributed by atoms with Crippen molar-refractivity contribution in [1.82, 2.24) is 15.0 Å². The molecule has 2 aromatic rings. The Kier molecular flexibility index (Phi) is 6.96. The maximum absolute atomic E-state index is 8.73. The maximum atomic E-state index is 8.73. The number of nitrogen functional groups attached to an aromatic ring is 1. The molecular weight excluding hydrogens is 314 g/mol. The average Bonchev–Trinajstić information content (AvgIpc) is 2.67. The summed E-state index contributed by atoms with van der Waals surface area (Å²) in [5.41, 5.74) is 7.82. The molecule has 7 heteroatoms. The van der Waals surface area contributed by atoms with Crippen LogP contribution in [-0.2, 0) is 0 Å². The van der Waals surface area contributed by atoms with E-state index in [9.17, 15) is 0 Å². The van der Waals surface area contributed by atoms with Crippen LogP contribution >= 0.6 is 0 Å². The second kappa shape index (κ2) is 9.42. The number of rotatable bonds is 4. The van der Waals surface area contributed by atoms with Crippen LogP contribution in [0.15, 0.2) is 24.7 Å². The van der Waals surface area contributed by atoms with E-state index >= 15 is 0 Å². The van der Waals surface area contributed by atoms with Crippen LogP contribution in [0.2, 0.25) is 0 Å². The lowest BCUT2D eigenvalue weighted by Gasteiger charge is -2.24. The van der Waals surface area contributed by atoms with Crippen LogP contribution in [-0.4, -0.2) is 21.0 Å². The third-order valence-electron chi connectivity index (χ3n) is 3.92. The van der Waals surface area contributed by atoms with Crippen molar-refractivity contribution in [2.24, 2.45) is 0 Å². The van der Waals surface area contributed by atoms with E-state index in [1.165, 1.54) is 44.5 Å². The van der Waals surface area contributed by atoms with Gasteiger partial charge in [-0.3, -0.25) is 0 Å². The van der Waals surface area contributed by atoms with Crippen molar-refractivity contribution in [3.8, 4) is 6.07 Å². The molecule has 0 unspecified atom stereocenters. The van der Waals surface area contributed by atoms with E-state index in [-0.39, 0.29) is 5.69 Å². The van der Waals surface area contributed by atoms with E-state index in [0.717, 1.165) is 5.69 Å². The molecule has 25 heavy (non-hydrogen) atoms. The van der Waals surface area contributed by atoms with Crippen molar-refractivity contribution in [3.63, 3.8) is 0 Å². The highest BCUT2D eigenvalue weighted by Gasteiger charge is 2.14. The second-order valence-corrected chi connectivity index (χ2v) is 5.66. The van der Waals surface area contributed by atoms with Gasteiger partial charge in [0.25, 0.3) is 0 Å². The first-order valence-electron chi connectivity index (χ1n) is 8.76. The lowest BCUT2D eigenvalue weighted by Crippen LogP contribution is -2.22. The normalized spacial score (nSPS) is 14.0. The van der Waals surface area contributed by atoms with Crippen LogP contribution in [0.3, 0.4) is 0 Å². The fourth-order valence-electron chi connectivity index (χ4n) is 2.71. The first kappa shape index (κ1) is 18.5. The SMILES string of the molecule is CC.N#Cc1cnc(Nc2cc(NC3CCCCC3)c(N)cn2)cn1. The topological polar surface area (TPSA) is 113 Å². The molecule has 0 amide bonds. The molecule has 1 aliphatic rings. The van der Waals surface area contributed by atoms with Gasteiger partial charge in [-0.2, -0.15) is 5.26 Å². The third-order valence-corrected chi connectivity index (χ3v) is 3.92. The zero-order chi connectivity index (χ0) is 18.1. The van der Waals surface area contributed by atoms with Crippen molar-refractivity contribution in [2.45, 2.75) is 52.0 Å². The van der Waals surface area contributed by atoms with E-state index in [0.29, 0.717) is 23.4 Å². The molecule has 7 nitrogen and oxygen atoms in total. The number of aromatic nitrogens is 3. The number of nitrogens with zero attached hydrogens (tertiary/aromatic N) is 4. The van der Waals surface area contributed by atoms with Crippen LogP contribution in [0.1, 0.15) is 51.6 Å². The Balaban J connectivity index is 0.00000109. The van der Waals surface area contributed by atoms with Gasteiger partial charge in [-0.15, -0.1) is 0 Å². The minimum Gasteiger partial charge on any atom is -0.396 e. The van der Waals surface area contributed by atoms with Gasteiger partial charge < -0.3 is 16.4 Å². The fourth-order valence-corrected chi connectivity index (χ4v) is 2.71. The Morgan fingerprint density at radius 3 is 2.40 bits per heavy atom. The van der Waals surface area contributed by atoms with Crippen LogP contribution in [0.4, 0.5) is 23.0 Å². The molecule has 0 aromatic carbocycles. The summed E-state index contributed by atoms with van der Waals surface area (Å²) in [4.78, 5) is 12.4. The summed E-state index contributed by atoms with van der Waals surface area (Å²) in [5.74, 6) is 1.17. The molecule has 1 aliphatic carbocycles. The van der Waals surface area contributed by atoms with Gasteiger partial charge in [0.15, 0.2) is 5.69 Å². The van der Waals surface area contributed by atoms with Crippen molar-refractivity contribution < 1.29 is 0 Å². The Hall–Kier alpha value is -2.88. The summed E-state index contributed by atoms with van der Waals surface area (Å²) in [6, 6.07) is 4.28. The summed E-state index contributed by atoms with van der Waals surface area (Å²) >= 11 is 0. The van der Waals surface area contributed by atoms with Gasteiger partial charge in [0.1, 0.15) is 17.7 Å². The highest BCUT2D eigenvalue weighted by Crippen LogP contribution is 2.27. The van der Waals surface area contributed by atoms with Gasteiger partial charge in [-0.05, 0) is 12.8 Å². The molecular formula is C18H25N7. The molecule has 0 saturated heterocycles. The van der Waals surface area contributed by atoms with Crippen molar-refractivity contribution in [2.75, 3.05) is 16.4 Å². The molecule has 132 valence electrons. The van der Waals surface area contributed by atoms with Gasteiger partial charge >= 0.3 is 0 Å². The molecule has 1 fully saturated rings. The van der Waals surface area contributed by atoms with E-state index in [2.05, 4.69) is 25.6 Å². The molecule has 0 bridgehead atoms. The number of anilines is 4. The summed E-state index contributed by atoms with van der Waals surface area (Å²) in [5, 5.41) is 15.3. The van der Waals surface area contributed by atoms with Gasteiger partial charge in [-0.25, -0.2) is 15.0 Å². The maximum Gasteiger partial charge on any atom is 0.158 e. The van der Waals surface area contributed by atoms with E-state index < -0.39 is 0 Å². The predicted octanol–water partition coefficient (Wildman–Crippen LogP) is 3.84. The Bertz CT molecular complexity index is 700. The molecule has 0 spiro atoms. The number of nitrogens with two attached hydrogens (primary N) is 1. The van der Waals surface area contributed by atoms with E-state index in [1.807, 2.05) is 26.0 Å². The molecule has 0 atom stereocenters. The highest BCUT2D eigenvalue weighted by molar-refractivity contribution is 5.70. The Morgan fingerprint density at radius 1 is 1.04 bits per heavy atom. The molecule has 4 N–H and O–H groups in total. The number of nitriles is 1. The summed E-state index contributed by atoms with van der Waals surface area (Å²) in [6.07, 6.45) is 10.7. The van der Waals surface area contributed by atoms with Crippen molar-refractivity contribution in [1.29, 1.82) is 5.26 Å². The summed E-state index contributed by atoms with van der Waals surface area (Å²) in [7, 11) is 0. The minimum atomic E-state index is 0.278. The van der Waals surface area contributed by atoms with Gasteiger partial charge in [0, 0.05) is 12.1 Å². The van der Waals surface area contributed by atoms with Crippen molar-refractivity contribution in [3.05, 3.63) is 30.4 Å². The minimum absolute atomic E-state index is 0.278. The number of pyridine rings is 1. The smallest absolute Gasteiger partial charge is 0.158 e. The molecule has 1 saturated carbocycles. The fraction of sp³-hybridized carbons (Fsp3) is 0.444. The second-order valence-electron chi connectivity index (χ2n) is 5.66. The van der Waals surface area contributed by atoms with E-state index in [4.69, 9.17) is 11.0 Å². The lowest BCUT2D eigenvalue weighted by atomic mass is 9.95. The number of hydrogen-bond donors (Lipinski definition) is 3. The van der Waals surface area contributed by atoms with Gasteiger partial charge in [0.05, 0.1) is 30.0 Å². The van der Waals surface area contributed by atoms with Gasteiger partial charge in [0.2, 0.25) is 0 Å². The van der Waals surface area contributed by atoms with Crippen LogP contribution in [0, 0.1) is 11.3 Å². The standard InChI is InChI=1S/C16H19N7.C2H6/c17-7-12-8-20-16(10-19-12)23-15-6-14(13(18)9-21-15)22-11-4-2-1-3-5-11;1-2/h6,8-11H,1-5,18H2,(H2,20,21,22,23);1-2H3. The molecule has 0 radical (unpaired) electrons. The third kappa shape index (κ3) is 5.31. The largest absolute Gasteiger partial charge is 0.396 e. The first-order chi connectivity index (χ1) is 12.2. The zero-order valence-electron chi connectivity index (χ0n) is 14.8. The predicted molar refractivity (Wildman–Crippen MR) is 101 cm³/mol. The molecule has 0 aliphatic heterocycles. The van der Waals surface area contributed by atoms with Crippen molar-refractivity contribution >= 4 is 23.0 Å². The molecule has 2 aromatic heterocycles. The number of hydrogen-bond acceptors (Lipinski definition) is 7. The molecule has 2 heterocycles. The Labute approximate surface area is 148 Å². The number of nitrogens with one attached hydrogen (secondary N) is 2. The Morgan fingerprint density at radius 2 is 1.76 bits per heavy atom. The quantitative estimate of drug-likeness (QED) is 0.775. The van der Waals surface area contributed by atoms with Crippen LogP contribution < -0.4 is 16.4 Å². The van der Waals surface area contributed by atoms with E-state index in [1.54, 1.807) is 6.20 Å². The first-order valence-corrected chi connectivity index (χ1v) is 8.76. The zero-order valence-corrected chi connectivity index (χ0v) is 14.8. The van der Waals surface area contributed by atoms with Crippen LogP contribution in [0.5, 0.6) is 0 Å². The summed E-state index contributed by atoms with van der Waals surface area (Å²) in [6.45, 7) is 4.00. The van der Waals surface area contributed by atoms with Gasteiger partial charge in [-0.1, -0.05) is 33.1 Å². The molecule has 3 rings (SSSR count). The lowest BCUT2D eigenvalue weighted by molar-refractivity contribution is 0.463. The van der Waals surface area contributed by atoms with Crippen LogP contribution in [0.25, 0.3) is 0 Å².